The fourth-order valence-corrected chi connectivity index (χ4v) is 6.06. The van der Waals surface area contributed by atoms with Crippen LogP contribution in [0, 0.1) is 6.92 Å². The number of nitrogens with one attached hydrogen (secondary N) is 2. The number of rotatable bonds is 8. The Labute approximate surface area is 233 Å². The third-order valence-electron chi connectivity index (χ3n) is 7.95. The van der Waals surface area contributed by atoms with Gasteiger partial charge in [0.1, 0.15) is 0 Å². The van der Waals surface area contributed by atoms with Crippen LogP contribution in [0.1, 0.15) is 27.0 Å². The molecule has 0 fully saturated rings. The number of aromatic nitrogens is 2. The summed E-state index contributed by atoms with van der Waals surface area (Å²) >= 11 is 0. The summed E-state index contributed by atoms with van der Waals surface area (Å²) in [6.07, 6.45) is 3.27. The second-order valence-electron chi connectivity index (χ2n) is 10.2. The van der Waals surface area contributed by atoms with Crippen molar-refractivity contribution in [2.75, 3.05) is 20.8 Å². The van der Waals surface area contributed by atoms with Gasteiger partial charge in [-0.2, -0.15) is 0 Å². The predicted molar refractivity (Wildman–Crippen MR) is 157 cm³/mol. The molecule has 1 atom stereocenters. The average Bonchev–Trinajstić information content (AvgIpc) is 3.54. The van der Waals surface area contributed by atoms with Crippen LogP contribution in [0.4, 0.5) is 0 Å². The molecule has 1 aliphatic rings. The summed E-state index contributed by atoms with van der Waals surface area (Å²) in [7, 11) is 3.28. The van der Waals surface area contributed by atoms with Gasteiger partial charge in [-0.3, -0.25) is 4.79 Å². The molecule has 0 saturated carbocycles. The first-order chi connectivity index (χ1) is 19.5. The van der Waals surface area contributed by atoms with E-state index in [9.17, 15) is 9.90 Å². The van der Waals surface area contributed by atoms with E-state index < -0.39 is 6.04 Å². The molecule has 0 bridgehead atoms. The number of nitrogens with zero attached hydrogens (tertiary/aromatic N) is 1. The van der Waals surface area contributed by atoms with E-state index in [1.807, 2.05) is 73.8 Å². The monoisotopic (exact) mass is 535 g/mol. The third-order valence-corrected chi connectivity index (χ3v) is 7.95. The Bertz CT molecular complexity index is 1700. The second-order valence-corrected chi connectivity index (χ2v) is 10.2. The van der Waals surface area contributed by atoms with E-state index in [-0.39, 0.29) is 12.5 Å². The van der Waals surface area contributed by atoms with Gasteiger partial charge in [-0.1, -0.05) is 48.5 Å². The van der Waals surface area contributed by atoms with Crippen molar-refractivity contribution in [2.24, 2.45) is 0 Å². The number of aromatic amines is 1. The fourth-order valence-electron chi connectivity index (χ4n) is 6.06. The predicted octanol–water partition coefficient (Wildman–Crippen LogP) is 5.52. The third kappa shape index (κ3) is 4.32. The molecular formula is C33H33N3O4. The lowest BCUT2D eigenvalue weighted by Crippen LogP contribution is -2.39. The molecular weight excluding hydrogens is 502 g/mol. The summed E-state index contributed by atoms with van der Waals surface area (Å²) in [5.41, 5.74) is 8.67. The van der Waals surface area contributed by atoms with Crippen LogP contribution in [0.5, 0.6) is 11.5 Å². The smallest absolute Gasteiger partial charge is 0.254 e. The number of aliphatic hydroxyl groups excluding tert-OH is 1. The van der Waals surface area contributed by atoms with Crippen molar-refractivity contribution in [1.82, 2.24) is 14.9 Å². The minimum atomic E-state index is -0.441. The molecule has 5 aromatic rings. The van der Waals surface area contributed by atoms with Gasteiger partial charge in [0.05, 0.1) is 43.8 Å². The number of aryl methyl sites for hydroxylation is 1. The van der Waals surface area contributed by atoms with E-state index >= 15 is 0 Å². The lowest BCUT2D eigenvalue weighted by atomic mass is 9.95. The number of hydrogen-bond donors (Lipinski definition) is 3. The second kappa shape index (κ2) is 10.6. The van der Waals surface area contributed by atoms with E-state index in [0.717, 1.165) is 63.1 Å². The zero-order valence-electron chi connectivity index (χ0n) is 23.0. The highest BCUT2D eigenvalue weighted by Crippen LogP contribution is 2.44. The molecule has 1 unspecified atom stereocenters. The molecule has 3 N–H and O–H groups in total. The number of benzene rings is 3. The minimum Gasteiger partial charge on any atom is -0.493 e. The molecule has 3 aromatic carbocycles. The summed E-state index contributed by atoms with van der Waals surface area (Å²) in [6.45, 7) is 2.57. The first-order valence-electron chi connectivity index (χ1n) is 13.5. The fraction of sp³-hybridized carbons (Fsp3) is 0.242. The molecule has 0 radical (unpaired) electrons. The van der Waals surface area contributed by atoms with Crippen molar-refractivity contribution in [2.45, 2.75) is 32.4 Å². The van der Waals surface area contributed by atoms with Gasteiger partial charge in [-0.25, -0.2) is 0 Å². The zero-order valence-corrected chi connectivity index (χ0v) is 23.0. The van der Waals surface area contributed by atoms with Crippen LogP contribution in [0.15, 0.2) is 72.9 Å². The van der Waals surface area contributed by atoms with Gasteiger partial charge in [0.15, 0.2) is 11.5 Å². The highest BCUT2D eigenvalue weighted by atomic mass is 16.5. The van der Waals surface area contributed by atoms with Gasteiger partial charge >= 0.3 is 0 Å². The SMILES string of the molecule is COc1cc2c(cc1OC)-c1c(C)c(C(=O)NC(CO)Cc3c[nH]c4ccccc34)c(-c3ccccc3)n1CC2. The number of aliphatic hydroxyl groups is 1. The number of hydrogen-bond acceptors (Lipinski definition) is 4. The van der Waals surface area contributed by atoms with E-state index in [0.29, 0.717) is 23.5 Å². The quantitative estimate of drug-likeness (QED) is 0.244. The highest BCUT2D eigenvalue weighted by Gasteiger charge is 2.31. The molecule has 0 saturated heterocycles. The number of amides is 1. The minimum absolute atomic E-state index is 0.168. The Kier molecular flexibility index (Phi) is 6.82. The molecule has 7 nitrogen and oxygen atoms in total. The molecule has 2 aromatic heterocycles. The van der Waals surface area contributed by atoms with Gasteiger partial charge in [0.2, 0.25) is 0 Å². The number of fused-ring (bicyclic) bond motifs is 4. The molecule has 7 heteroatoms. The number of carbonyl (C=O) groups is 1. The summed E-state index contributed by atoms with van der Waals surface area (Å²) in [6, 6.07) is 21.7. The van der Waals surface area contributed by atoms with Gasteiger partial charge in [0, 0.05) is 29.2 Å². The van der Waals surface area contributed by atoms with Gasteiger partial charge in [-0.05, 0) is 60.2 Å². The van der Waals surface area contributed by atoms with Crippen molar-refractivity contribution in [1.29, 1.82) is 0 Å². The molecule has 1 amide bonds. The Morgan fingerprint density at radius 1 is 1.02 bits per heavy atom. The zero-order chi connectivity index (χ0) is 27.8. The van der Waals surface area contributed by atoms with Crippen LogP contribution in [0.2, 0.25) is 0 Å². The first kappa shape index (κ1) is 25.8. The molecule has 6 rings (SSSR count). The molecule has 0 spiro atoms. The van der Waals surface area contributed by atoms with E-state index in [4.69, 9.17) is 9.47 Å². The lowest BCUT2D eigenvalue weighted by Gasteiger charge is -2.24. The number of carbonyl (C=O) groups excluding carboxylic acids is 1. The number of methoxy groups -OCH3 is 2. The maximum absolute atomic E-state index is 14.1. The van der Waals surface area contributed by atoms with Crippen LogP contribution in [-0.4, -0.2) is 47.4 Å². The van der Waals surface area contributed by atoms with Gasteiger partial charge in [-0.15, -0.1) is 0 Å². The number of H-pyrrole nitrogens is 1. The summed E-state index contributed by atoms with van der Waals surface area (Å²) < 4.78 is 13.4. The van der Waals surface area contributed by atoms with Crippen molar-refractivity contribution >= 4 is 16.8 Å². The summed E-state index contributed by atoms with van der Waals surface area (Å²) in [5, 5.41) is 14.5. The Morgan fingerprint density at radius 2 is 1.75 bits per heavy atom. The van der Waals surface area contributed by atoms with Crippen LogP contribution in [-0.2, 0) is 19.4 Å². The highest BCUT2D eigenvalue weighted by molar-refractivity contribution is 6.04. The normalized spacial score (nSPS) is 13.0. The first-order valence-corrected chi connectivity index (χ1v) is 13.5. The van der Waals surface area contributed by atoms with Gasteiger partial charge < -0.3 is 29.4 Å². The van der Waals surface area contributed by atoms with Crippen LogP contribution in [0.3, 0.4) is 0 Å². The molecule has 3 heterocycles. The van der Waals surface area contributed by atoms with Gasteiger partial charge in [0.25, 0.3) is 5.91 Å². The lowest BCUT2D eigenvalue weighted by molar-refractivity contribution is 0.0916. The van der Waals surface area contributed by atoms with Crippen molar-refractivity contribution in [3.05, 3.63) is 95.2 Å². The molecule has 0 aliphatic carbocycles. The van der Waals surface area contributed by atoms with Crippen molar-refractivity contribution < 1.29 is 19.4 Å². The van der Waals surface area contributed by atoms with Crippen molar-refractivity contribution in [3.8, 4) is 34.0 Å². The van der Waals surface area contributed by atoms with Crippen LogP contribution < -0.4 is 14.8 Å². The summed E-state index contributed by atoms with van der Waals surface area (Å²) in [4.78, 5) is 17.4. The number of ether oxygens (including phenoxy) is 2. The average molecular weight is 536 g/mol. The standard InChI is InChI=1S/C33H33N3O4/c1-20-30(33(38)35-24(19-37)15-23-18-34-27-12-8-7-11-25(23)27)32(21-9-5-4-6-10-21)36-14-13-22-16-28(39-2)29(40-3)17-26(22)31(20)36/h4-12,16-18,24,34,37H,13-15,19H2,1-3H3,(H,35,38). The summed E-state index contributed by atoms with van der Waals surface area (Å²) in [5.74, 6) is 1.16. The maximum atomic E-state index is 14.1. The van der Waals surface area contributed by atoms with E-state index in [1.54, 1.807) is 14.2 Å². The van der Waals surface area contributed by atoms with Crippen LogP contribution in [0.25, 0.3) is 33.4 Å². The topological polar surface area (TPSA) is 88.5 Å². The number of para-hydroxylation sites is 1. The maximum Gasteiger partial charge on any atom is 0.254 e. The molecule has 204 valence electrons. The Hall–Kier alpha value is -4.49. The largest absolute Gasteiger partial charge is 0.493 e. The Balaban J connectivity index is 1.43. The van der Waals surface area contributed by atoms with Crippen LogP contribution >= 0.6 is 0 Å². The van der Waals surface area contributed by atoms with E-state index in [1.165, 1.54) is 0 Å². The van der Waals surface area contributed by atoms with Crippen molar-refractivity contribution in [3.63, 3.8) is 0 Å². The Morgan fingerprint density at radius 3 is 2.50 bits per heavy atom. The van der Waals surface area contributed by atoms with E-state index in [2.05, 4.69) is 20.9 Å². The molecule has 40 heavy (non-hydrogen) atoms. The molecule has 1 aliphatic heterocycles.